The molecule has 0 bridgehead atoms. The van der Waals surface area contributed by atoms with Crippen LogP contribution in [0.1, 0.15) is 31.7 Å². The van der Waals surface area contributed by atoms with E-state index in [1.165, 1.54) is 12.0 Å². The summed E-state index contributed by atoms with van der Waals surface area (Å²) in [6.45, 7) is 6.26. The van der Waals surface area contributed by atoms with Crippen molar-refractivity contribution in [3.8, 4) is 11.4 Å². The van der Waals surface area contributed by atoms with Gasteiger partial charge in [-0.15, -0.1) is 20.4 Å². The first kappa shape index (κ1) is 12.6. The highest BCUT2D eigenvalue weighted by Crippen LogP contribution is 2.16. The zero-order chi connectivity index (χ0) is 13.0. The first-order valence-electron chi connectivity index (χ1n) is 6.28. The Morgan fingerprint density at radius 1 is 0.944 bits per heavy atom. The average molecular weight is 242 g/mol. The van der Waals surface area contributed by atoms with Crippen molar-refractivity contribution >= 4 is 0 Å². The van der Waals surface area contributed by atoms with Crippen LogP contribution in [-0.2, 0) is 6.42 Å². The van der Waals surface area contributed by atoms with E-state index >= 15 is 0 Å². The number of hydrogen-bond acceptors (Lipinski definition) is 4. The van der Waals surface area contributed by atoms with Crippen LogP contribution in [0.2, 0.25) is 0 Å². The fourth-order valence-corrected chi connectivity index (χ4v) is 1.67. The van der Waals surface area contributed by atoms with Crippen LogP contribution in [0.5, 0.6) is 0 Å². The quantitative estimate of drug-likeness (QED) is 0.827. The summed E-state index contributed by atoms with van der Waals surface area (Å²) in [7, 11) is 0. The molecule has 2 rings (SSSR count). The maximum atomic E-state index is 4.03. The molecule has 0 aliphatic heterocycles. The van der Waals surface area contributed by atoms with Gasteiger partial charge < -0.3 is 0 Å². The Labute approximate surface area is 107 Å². The molecular weight excluding hydrogens is 224 g/mol. The second-order valence-corrected chi connectivity index (χ2v) is 4.90. The Balaban J connectivity index is 2.09. The summed E-state index contributed by atoms with van der Waals surface area (Å²) in [5.41, 5.74) is 2.31. The minimum Gasteiger partial charge on any atom is -0.131 e. The van der Waals surface area contributed by atoms with Crippen LogP contribution < -0.4 is 0 Å². The SMILES string of the molecule is Cc1nnc(-c2ccc(CCC(C)C)cc2)nn1. The summed E-state index contributed by atoms with van der Waals surface area (Å²) >= 11 is 0. The fourth-order valence-electron chi connectivity index (χ4n) is 1.67. The maximum absolute atomic E-state index is 4.03. The molecule has 0 radical (unpaired) electrons. The molecule has 4 nitrogen and oxygen atoms in total. The fraction of sp³-hybridized carbons (Fsp3) is 0.429. The highest BCUT2D eigenvalue weighted by molar-refractivity contribution is 5.54. The predicted octanol–water partition coefficient (Wildman–Crippen LogP) is 2.83. The summed E-state index contributed by atoms with van der Waals surface area (Å²) in [5, 5.41) is 15.9. The Kier molecular flexibility index (Phi) is 3.97. The van der Waals surface area contributed by atoms with Gasteiger partial charge in [-0.3, -0.25) is 0 Å². The van der Waals surface area contributed by atoms with E-state index in [4.69, 9.17) is 0 Å². The standard InChI is InChI=1S/C14H18N4/c1-10(2)4-5-12-6-8-13(9-7-12)14-17-15-11(3)16-18-14/h6-10H,4-5H2,1-3H3. The molecule has 0 N–H and O–H groups in total. The van der Waals surface area contributed by atoms with Gasteiger partial charge in [-0.2, -0.15) is 0 Å². The van der Waals surface area contributed by atoms with Gasteiger partial charge in [0, 0.05) is 5.56 Å². The molecule has 1 heterocycles. The van der Waals surface area contributed by atoms with Crippen LogP contribution in [-0.4, -0.2) is 20.4 Å². The monoisotopic (exact) mass is 242 g/mol. The van der Waals surface area contributed by atoms with Crippen LogP contribution in [0, 0.1) is 12.8 Å². The highest BCUT2D eigenvalue weighted by Gasteiger charge is 2.03. The van der Waals surface area contributed by atoms with E-state index in [-0.39, 0.29) is 0 Å². The largest absolute Gasteiger partial charge is 0.203 e. The molecule has 0 aliphatic carbocycles. The Morgan fingerprint density at radius 2 is 1.56 bits per heavy atom. The molecule has 1 aromatic carbocycles. The molecule has 2 aromatic rings. The summed E-state index contributed by atoms with van der Waals surface area (Å²) in [6.07, 6.45) is 2.33. The van der Waals surface area contributed by atoms with Crippen LogP contribution >= 0.6 is 0 Å². The van der Waals surface area contributed by atoms with E-state index in [9.17, 15) is 0 Å². The van der Waals surface area contributed by atoms with Crippen molar-refractivity contribution in [2.75, 3.05) is 0 Å². The molecule has 0 spiro atoms. The maximum Gasteiger partial charge on any atom is 0.203 e. The minimum atomic E-state index is 0.580. The van der Waals surface area contributed by atoms with Gasteiger partial charge in [0.05, 0.1) is 0 Å². The van der Waals surface area contributed by atoms with E-state index < -0.39 is 0 Å². The molecule has 0 aliphatic rings. The lowest BCUT2D eigenvalue weighted by atomic mass is 10.0. The van der Waals surface area contributed by atoms with Gasteiger partial charge >= 0.3 is 0 Å². The number of aromatic nitrogens is 4. The van der Waals surface area contributed by atoms with Crippen molar-refractivity contribution in [3.05, 3.63) is 35.7 Å². The van der Waals surface area contributed by atoms with Crippen LogP contribution in [0.25, 0.3) is 11.4 Å². The van der Waals surface area contributed by atoms with Gasteiger partial charge in [-0.25, -0.2) is 0 Å². The van der Waals surface area contributed by atoms with Crippen molar-refractivity contribution in [1.82, 2.24) is 20.4 Å². The lowest BCUT2D eigenvalue weighted by Gasteiger charge is -2.05. The summed E-state index contributed by atoms with van der Waals surface area (Å²) in [6, 6.07) is 8.31. The van der Waals surface area contributed by atoms with Gasteiger partial charge in [-0.1, -0.05) is 38.1 Å². The molecule has 4 heteroatoms. The van der Waals surface area contributed by atoms with E-state index in [0.717, 1.165) is 17.9 Å². The predicted molar refractivity (Wildman–Crippen MR) is 71.0 cm³/mol. The molecule has 0 atom stereocenters. The molecule has 0 unspecified atom stereocenters. The smallest absolute Gasteiger partial charge is 0.131 e. The molecule has 94 valence electrons. The lowest BCUT2D eigenvalue weighted by Crippen LogP contribution is -1.98. The number of nitrogens with zero attached hydrogens (tertiary/aromatic N) is 4. The first-order valence-corrected chi connectivity index (χ1v) is 6.28. The van der Waals surface area contributed by atoms with Crippen molar-refractivity contribution in [1.29, 1.82) is 0 Å². The van der Waals surface area contributed by atoms with Gasteiger partial charge in [-0.05, 0) is 31.2 Å². The van der Waals surface area contributed by atoms with Crippen molar-refractivity contribution < 1.29 is 0 Å². The minimum absolute atomic E-state index is 0.580. The highest BCUT2D eigenvalue weighted by atomic mass is 15.3. The second kappa shape index (κ2) is 5.67. The van der Waals surface area contributed by atoms with Crippen LogP contribution in [0.15, 0.2) is 24.3 Å². The Hall–Kier alpha value is -1.84. The topological polar surface area (TPSA) is 51.6 Å². The van der Waals surface area contributed by atoms with E-state index in [0.29, 0.717) is 11.6 Å². The molecule has 18 heavy (non-hydrogen) atoms. The molecule has 0 fully saturated rings. The zero-order valence-corrected chi connectivity index (χ0v) is 11.1. The zero-order valence-electron chi connectivity index (χ0n) is 11.1. The Morgan fingerprint density at radius 3 is 2.11 bits per heavy atom. The van der Waals surface area contributed by atoms with E-state index in [2.05, 4.69) is 46.4 Å². The molecule has 0 saturated heterocycles. The van der Waals surface area contributed by atoms with Gasteiger partial charge in [0.15, 0.2) is 5.82 Å². The number of rotatable bonds is 4. The van der Waals surface area contributed by atoms with E-state index in [1.807, 2.05) is 12.1 Å². The third-order valence-corrected chi connectivity index (χ3v) is 2.80. The second-order valence-electron chi connectivity index (χ2n) is 4.90. The normalized spacial score (nSPS) is 10.9. The summed E-state index contributed by atoms with van der Waals surface area (Å²) in [4.78, 5) is 0. The summed E-state index contributed by atoms with van der Waals surface area (Å²) in [5.74, 6) is 1.90. The van der Waals surface area contributed by atoms with Crippen molar-refractivity contribution in [2.24, 2.45) is 5.92 Å². The molecule has 0 amide bonds. The number of hydrogen-bond donors (Lipinski definition) is 0. The van der Waals surface area contributed by atoms with Gasteiger partial charge in [0.2, 0.25) is 5.82 Å². The Bertz CT molecular complexity index is 488. The van der Waals surface area contributed by atoms with Crippen molar-refractivity contribution in [2.45, 2.75) is 33.6 Å². The van der Waals surface area contributed by atoms with Crippen molar-refractivity contribution in [3.63, 3.8) is 0 Å². The summed E-state index contributed by atoms with van der Waals surface area (Å²) < 4.78 is 0. The first-order chi connectivity index (χ1) is 8.65. The molecule has 1 aromatic heterocycles. The number of aryl methyl sites for hydroxylation is 2. The van der Waals surface area contributed by atoms with Crippen LogP contribution in [0.3, 0.4) is 0 Å². The van der Waals surface area contributed by atoms with E-state index in [1.54, 1.807) is 6.92 Å². The van der Waals surface area contributed by atoms with Gasteiger partial charge in [0.25, 0.3) is 0 Å². The third-order valence-electron chi connectivity index (χ3n) is 2.80. The van der Waals surface area contributed by atoms with Crippen LogP contribution in [0.4, 0.5) is 0 Å². The number of benzene rings is 1. The lowest BCUT2D eigenvalue weighted by molar-refractivity contribution is 0.587. The molecular formula is C14H18N4. The molecule has 0 saturated carbocycles. The average Bonchev–Trinajstić information content (AvgIpc) is 2.38. The van der Waals surface area contributed by atoms with Gasteiger partial charge in [0.1, 0.15) is 0 Å². The third kappa shape index (κ3) is 3.32.